The number of carbonyl (C=O) groups excluding carboxylic acids is 1. The second kappa shape index (κ2) is 4.41. The molecule has 4 heteroatoms. The number of hydrazone groups is 1. The third kappa shape index (κ3) is 2.90. The second-order valence-electron chi connectivity index (χ2n) is 3.08. The maximum Gasteiger partial charge on any atom is 0.248 e. The molecule has 0 unspecified atom stereocenters. The number of amides is 1. The first-order valence-corrected chi connectivity index (χ1v) is 4.21. The van der Waals surface area contributed by atoms with Gasteiger partial charge in [0.1, 0.15) is 0 Å². The first-order valence-electron chi connectivity index (χ1n) is 4.21. The summed E-state index contributed by atoms with van der Waals surface area (Å²) in [5.74, 6) is -0.416. The molecule has 2 N–H and O–H groups in total. The summed E-state index contributed by atoms with van der Waals surface area (Å²) in [6, 6.07) is 6.96. The van der Waals surface area contributed by atoms with Crippen LogP contribution in [0.15, 0.2) is 29.4 Å². The molecule has 14 heavy (non-hydrogen) atoms. The Bertz CT molecular complexity index is 341. The maximum absolute atomic E-state index is 10.8. The van der Waals surface area contributed by atoms with Crippen LogP contribution in [0.4, 0.5) is 0 Å². The number of nitrogens with zero attached hydrogens (tertiary/aromatic N) is 2. The van der Waals surface area contributed by atoms with E-state index in [1.807, 2.05) is 14.1 Å². The van der Waals surface area contributed by atoms with Gasteiger partial charge in [0.05, 0.1) is 6.21 Å². The standard InChI is InChI=1S/C10H13N3O/c1-13(2)12-7-8-3-5-9(6-4-8)10(11)14/h3-7H,1-2H3,(H2,11,14). The average Bonchev–Trinajstić information content (AvgIpc) is 2.15. The summed E-state index contributed by atoms with van der Waals surface area (Å²) in [6.07, 6.45) is 1.71. The van der Waals surface area contributed by atoms with Crippen LogP contribution in [0.2, 0.25) is 0 Å². The summed E-state index contributed by atoms with van der Waals surface area (Å²) < 4.78 is 0. The largest absolute Gasteiger partial charge is 0.366 e. The molecule has 0 aromatic heterocycles. The number of hydrogen-bond acceptors (Lipinski definition) is 3. The number of carbonyl (C=O) groups is 1. The van der Waals surface area contributed by atoms with E-state index < -0.39 is 5.91 Å². The van der Waals surface area contributed by atoms with Gasteiger partial charge in [-0.05, 0) is 17.7 Å². The molecule has 0 bridgehead atoms. The highest BCUT2D eigenvalue weighted by molar-refractivity contribution is 5.93. The van der Waals surface area contributed by atoms with Gasteiger partial charge in [0.2, 0.25) is 5.91 Å². The molecule has 74 valence electrons. The highest BCUT2D eigenvalue weighted by Gasteiger charge is 1.97. The van der Waals surface area contributed by atoms with E-state index in [1.165, 1.54) is 0 Å². The van der Waals surface area contributed by atoms with Crippen molar-refractivity contribution in [1.82, 2.24) is 5.01 Å². The van der Waals surface area contributed by atoms with Crippen LogP contribution in [-0.2, 0) is 0 Å². The van der Waals surface area contributed by atoms with E-state index >= 15 is 0 Å². The molecule has 0 fully saturated rings. The molecule has 1 rings (SSSR count). The van der Waals surface area contributed by atoms with Crippen LogP contribution < -0.4 is 5.73 Å². The molecule has 0 aliphatic carbocycles. The van der Waals surface area contributed by atoms with Crippen molar-refractivity contribution in [2.75, 3.05) is 14.1 Å². The van der Waals surface area contributed by atoms with Crippen LogP contribution >= 0.6 is 0 Å². The van der Waals surface area contributed by atoms with Crippen LogP contribution in [0.1, 0.15) is 15.9 Å². The fourth-order valence-corrected chi connectivity index (χ4v) is 0.916. The van der Waals surface area contributed by atoms with Crippen molar-refractivity contribution >= 4 is 12.1 Å². The SMILES string of the molecule is CN(C)N=Cc1ccc(C(N)=O)cc1. The third-order valence-corrected chi connectivity index (χ3v) is 1.63. The van der Waals surface area contributed by atoms with Crippen molar-refractivity contribution in [1.29, 1.82) is 0 Å². The Kier molecular flexibility index (Phi) is 3.23. The number of hydrogen-bond donors (Lipinski definition) is 1. The second-order valence-corrected chi connectivity index (χ2v) is 3.08. The van der Waals surface area contributed by atoms with E-state index in [0.29, 0.717) is 5.56 Å². The van der Waals surface area contributed by atoms with Gasteiger partial charge in [-0.1, -0.05) is 12.1 Å². The summed E-state index contributed by atoms with van der Waals surface area (Å²) in [4.78, 5) is 10.8. The highest BCUT2D eigenvalue weighted by Crippen LogP contribution is 2.01. The molecule has 1 aromatic carbocycles. The lowest BCUT2D eigenvalue weighted by Crippen LogP contribution is -2.10. The minimum atomic E-state index is -0.416. The van der Waals surface area contributed by atoms with Gasteiger partial charge in [0.25, 0.3) is 0 Å². The van der Waals surface area contributed by atoms with Crippen molar-refractivity contribution in [3.63, 3.8) is 0 Å². The number of primary amides is 1. The van der Waals surface area contributed by atoms with E-state index in [2.05, 4.69) is 5.10 Å². The van der Waals surface area contributed by atoms with Crippen molar-refractivity contribution < 1.29 is 4.79 Å². The van der Waals surface area contributed by atoms with Crippen LogP contribution in [0, 0.1) is 0 Å². The molecular formula is C10H13N3O. The molecule has 1 amide bonds. The molecule has 0 heterocycles. The first-order chi connectivity index (χ1) is 6.59. The van der Waals surface area contributed by atoms with Crippen molar-refractivity contribution in [2.24, 2.45) is 10.8 Å². The Hall–Kier alpha value is -1.84. The first kappa shape index (κ1) is 10.2. The average molecular weight is 191 g/mol. The molecule has 0 saturated carbocycles. The minimum Gasteiger partial charge on any atom is -0.366 e. The van der Waals surface area contributed by atoms with Crippen LogP contribution in [-0.4, -0.2) is 31.2 Å². The van der Waals surface area contributed by atoms with E-state index in [9.17, 15) is 4.79 Å². The molecule has 0 atom stereocenters. The van der Waals surface area contributed by atoms with Gasteiger partial charge in [0.15, 0.2) is 0 Å². The van der Waals surface area contributed by atoms with Gasteiger partial charge in [-0.15, -0.1) is 0 Å². The zero-order chi connectivity index (χ0) is 10.6. The molecule has 0 aliphatic heterocycles. The predicted octanol–water partition coefficient (Wildman–Crippen LogP) is 0.681. The number of benzene rings is 1. The molecule has 0 saturated heterocycles. The van der Waals surface area contributed by atoms with Gasteiger partial charge in [-0.3, -0.25) is 4.79 Å². The highest BCUT2D eigenvalue weighted by atomic mass is 16.1. The van der Waals surface area contributed by atoms with E-state index in [4.69, 9.17) is 5.73 Å². The smallest absolute Gasteiger partial charge is 0.248 e. The van der Waals surface area contributed by atoms with E-state index in [-0.39, 0.29) is 0 Å². The lowest BCUT2D eigenvalue weighted by atomic mass is 10.1. The van der Waals surface area contributed by atoms with Gasteiger partial charge in [0, 0.05) is 19.7 Å². The summed E-state index contributed by atoms with van der Waals surface area (Å²) in [6.45, 7) is 0. The minimum absolute atomic E-state index is 0.416. The normalized spacial score (nSPS) is 10.4. The third-order valence-electron chi connectivity index (χ3n) is 1.63. The summed E-state index contributed by atoms with van der Waals surface area (Å²) in [7, 11) is 3.68. The topological polar surface area (TPSA) is 58.7 Å². The van der Waals surface area contributed by atoms with Gasteiger partial charge >= 0.3 is 0 Å². The van der Waals surface area contributed by atoms with Crippen molar-refractivity contribution in [3.8, 4) is 0 Å². The predicted molar refractivity (Wildman–Crippen MR) is 56.2 cm³/mol. The van der Waals surface area contributed by atoms with Crippen LogP contribution in [0.3, 0.4) is 0 Å². The molecule has 0 spiro atoms. The Morgan fingerprint density at radius 2 is 1.93 bits per heavy atom. The van der Waals surface area contributed by atoms with Crippen LogP contribution in [0.5, 0.6) is 0 Å². The Balaban J connectivity index is 2.78. The number of rotatable bonds is 3. The van der Waals surface area contributed by atoms with Crippen molar-refractivity contribution in [2.45, 2.75) is 0 Å². The fourth-order valence-electron chi connectivity index (χ4n) is 0.916. The Morgan fingerprint density at radius 1 is 1.36 bits per heavy atom. The lowest BCUT2D eigenvalue weighted by molar-refractivity contribution is 0.100. The molecular weight excluding hydrogens is 178 g/mol. The molecule has 0 aliphatic rings. The summed E-state index contributed by atoms with van der Waals surface area (Å²) in [5, 5.41) is 5.76. The Morgan fingerprint density at radius 3 is 2.36 bits per heavy atom. The Labute approximate surface area is 83.0 Å². The van der Waals surface area contributed by atoms with Gasteiger partial charge in [-0.2, -0.15) is 5.10 Å². The van der Waals surface area contributed by atoms with E-state index in [1.54, 1.807) is 35.5 Å². The monoisotopic (exact) mass is 191 g/mol. The summed E-state index contributed by atoms with van der Waals surface area (Å²) in [5.41, 5.74) is 6.55. The molecule has 1 aromatic rings. The number of nitrogens with two attached hydrogens (primary N) is 1. The van der Waals surface area contributed by atoms with Gasteiger partial charge in [-0.25, -0.2) is 0 Å². The van der Waals surface area contributed by atoms with Crippen LogP contribution in [0.25, 0.3) is 0 Å². The molecule has 0 radical (unpaired) electrons. The van der Waals surface area contributed by atoms with Gasteiger partial charge < -0.3 is 10.7 Å². The summed E-state index contributed by atoms with van der Waals surface area (Å²) >= 11 is 0. The maximum atomic E-state index is 10.8. The molecule has 4 nitrogen and oxygen atoms in total. The zero-order valence-corrected chi connectivity index (χ0v) is 8.27. The fraction of sp³-hybridized carbons (Fsp3) is 0.200. The lowest BCUT2D eigenvalue weighted by Gasteiger charge is -2.02. The zero-order valence-electron chi connectivity index (χ0n) is 8.27. The van der Waals surface area contributed by atoms with E-state index in [0.717, 1.165) is 5.56 Å². The quantitative estimate of drug-likeness (QED) is 0.564. The van der Waals surface area contributed by atoms with Crippen molar-refractivity contribution in [3.05, 3.63) is 35.4 Å².